The number of phenols is 2. The zero-order chi connectivity index (χ0) is 15.7. The highest BCUT2D eigenvalue weighted by molar-refractivity contribution is 8.19. The van der Waals surface area contributed by atoms with Crippen LogP contribution >= 0.6 is 11.8 Å². The summed E-state index contributed by atoms with van der Waals surface area (Å²) in [5.41, 5.74) is 1.04. The summed E-state index contributed by atoms with van der Waals surface area (Å²) >= 11 is 0.836. The summed E-state index contributed by atoms with van der Waals surface area (Å²) in [6.45, 7) is 0. The van der Waals surface area contributed by atoms with Crippen molar-refractivity contribution in [3.8, 4) is 11.5 Å². The van der Waals surface area contributed by atoms with Gasteiger partial charge in [-0.3, -0.25) is 9.59 Å². The van der Waals surface area contributed by atoms with E-state index in [2.05, 4.69) is 0 Å². The maximum absolute atomic E-state index is 12.4. The molecule has 0 spiro atoms. The number of carbonyl (C=O) groups excluding carboxylic acids is 2. The lowest BCUT2D eigenvalue weighted by atomic mass is 10.2. The molecule has 6 heteroatoms. The van der Waals surface area contributed by atoms with E-state index in [1.807, 2.05) is 0 Å². The molecule has 1 saturated heterocycles. The van der Waals surface area contributed by atoms with Gasteiger partial charge in [0, 0.05) is 6.07 Å². The van der Waals surface area contributed by atoms with Crippen molar-refractivity contribution in [3.63, 3.8) is 0 Å². The Kier molecular flexibility index (Phi) is 3.60. The van der Waals surface area contributed by atoms with E-state index in [0.29, 0.717) is 16.2 Å². The predicted octanol–water partition coefficient (Wildman–Crippen LogP) is 3.34. The van der Waals surface area contributed by atoms with Crippen LogP contribution in [-0.4, -0.2) is 21.4 Å². The van der Waals surface area contributed by atoms with Gasteiger partial charge in [0.1, 0.15) is 11.5 Å². The lowest BCUT2D eigenvalue weighted by Crippen LogP contribution is -2.27. The van der Waals surface area contributed by atoms with Gasteiger partial charge in [-0.05, 0) is 47.7 Å². The normalized spacial score (nSPS) is 16.5. The molecule has 0 saturated carbocycles. The van der Waals surface area contributed by atoms with Crippen molar-refractivity contribution in [2.24, 2.45) is 0 Å². The first-order valence-electron chi connectivity index (χ1n) is 6.40. The molecular formula is C16H11NO4S. The van der Waals surface area contributed by atoms with Crippen LogP contribution < -0.4 is 4.90 Å². The molecule has 0 radical (unpaired) electrons. The molecule has 1 heterocycles. The van der Waals surface area contributed by atoms with E-state index in [4.69, 9.17) is 0 Å². The van der Waals surface area contributed by atoms with Crippen molar-refractivity contribution in [3.05, 3.63) is 59.0 Å². The van der Waals surface area contributed by atoms with Crippen molar-refractivity contribution in [2.75, 3.05) is 4.90 Å². The molecule has 1 aliphatic rings. The molecular weight excluding hydrogens is 302 g/mol. The Bertz CT molecular complexity index is 783. The summed E-state index contributed by atoms with van der Waals surface area (Å²) < 4.78 is 0. The van der Waals surface area contributed by atoms with Gasteiger partial charge in [0.15, 0.2) is 0 Å². The molecule has 2 amide bonds. The first-order valence-corrected chi connectivity index (χ1v) is 7.22. The monoisotopic (exact) mass is 313 g/mol. The first-order chi connectivity index (χ1) is 10.5. The molecule has 2 aromatic carbocycles. The average molecular weight is 313 g/mol. The Morgan fingerprint density at radius 1 is 0.955 bits per heavy atom. The fraction of sp³-hybridized carbons (Fsp3) is 0. The third kappa shape index (κ3) is 2.68. The summed E-state index contributed by atoms with van der Waals surface area (Å²) in [6.07, 6.45) is 1.59. The maximum atomic E-state index is 12.4. The third-order valence-corrected chi connectivity index (χ3v) is 3.94. The maximum Gasteiger partial charge on any atom is 0.298 e. The SMILES string of the molecule is O=C1S/C(=C\c2ccc(O)cc2)C(=O)N1c1cccc(O)c1. The highest BCUT2D eigenvalue weighted by Gasteiger charge is 2.36. The lowest BCUT2D eigenvalue weighted by Gasteiger charge is -2.12. The van der Waals surface area contributed by atoms with Crippen LogP contribution in [0.2, 0.25) is 0 Å². The van der Waals surface area contributed by atoms with Crippen LogP contribution in [0.5, 0.6) is 11.5 Å². The molecule has 2 N–H and O–H groups in total. The van der Waals surface area contributed by atoms with Gasteiger partial charge in [0.25, 0.3) is 11.1 Å². The number of hydrogen-bond acceptors (Lipinski definition) is 5. The lowest BCUT2D eigenvalue weighted by molar-refractivity contribution is -0.113. The molecule has 0 aliphatic carbocycles. The van der Waals surface area contributed by atoms with Crippen LogP contribution in [0.25, 0.3) is 6.08 Å². The number of thioether (sulfide) groups is 1. The highest BCUT2D eigenvalue weighted by atomic mass is 32.2. The largest absolute Gasteiger partial charge is 0.508 e. The van der Waals surface area contributed by atoms with Gasteiger partial charge >= 0.3 is 0 Å². The van der Waals surface area contributed by atoms with E-state index in [1.165, 1.54) is 24.3 Å². The minimum atomic E-state index is -0.436. The number of imide groups is 1. The quantitative estimate of drug-likeness (QED) is 0.831. The van der Waals surface area contributed by atoms with Crippen LogP contribution in [0, 0.1) is 0 Å². The van der Waals surface area contributed by atoms with Crippen LogP contribution in [0.3, 0.4) is 0 Å². The van der Waals surface area contributed by atoms with E-state index >= 15 is 0 Å². The fourth-order valence-corrected chi connectivity index (χ4v) is 2.89. The van der Waals surface area contributed by atoms with Crippen molar-refractivity contribution < 1.29 is 19.8 Å². The van der Waals surface area contributed by atoms with Gasteiger partial charge in [-0.1, -0.05) is 18.2 Å². The van der Waals surface area contributed by atoms with Gasteiger partial charge < -0.3 is 10.2 Å². The molecule has 110 valence electrons. The Labute approximate surface area is 130 Å². The van der Waals surface area contributed by atoms with Crippen molar-refractivity contribution in [2.45, 2.75) is 0 Å². The van der Waals surface area contributed by atoms with Gasteiger partial charge in [-0.2, -0.15) is 0 Å². The van der Waals surface area contributed by atoms with Crippen molar-refractivity contribution in [1.82, 2.24) is 0 Å². The molecule has 0 bridgehead atoms. The molecule has 0 atom stereocenters. The molecule has 22 heavy (non-hydrogen) atoms. The molecule has 5 nitrogen and oxygen atoms in total. The summed E-state index contributed by atoms with van der Waals surface area (Å²) in [4.78, 5) is 25.8. The van der Waals surface area contributed by atoms with E-state index in [1.54, 1.807) is 30.3 Å². The number of benzene rings is 2. The third-order valence-electron chi connectivity index (χ3n) is 3.07. The minimum Gasteiger partial charge on any atom is -0.508 e. The van der Waals surface area contributed by atoms with Crippen LogP contribution in [-0.2, 0) is 4.79 Å². The molecule has 1 aliphatic heterocycles. The Balaban J connectivity index is 1.93. The second kappa shape index (κ2) is 5.57. The first kappa shape index (κ1) is 14.2. The summed E-state index contributed by atoms with van der Waals surface area (Å²) in [5.74, 6) is -0.322. The van der Waals surface area contributed by atoms with E-state index in [9.17, 15) is 19.8 Å². The molecule has 2 aromatic rings. The highest BCUT2D eigenvalue weighted by Crippen LogP contribution is 2.36. The number of anilines is 1. The number of nitrogens with zero attached hydrogens (tertiary/aromatic N) is 1. The van der Waals surface area contributed by atoms with Crippen molar-refractivity contribution >= 4 is 34.7 Å². The standard InChI is InChI=1S/C16H11NO4S/c18-12-6-4-10(5-7-12)8-14-15(20)17(16(21)22-14)11-2-1-3-13(19)9-11/h1-9,18-19H/b14-8-. The van der Waals surface area contributed by atoms with Crippen LogP contribution in [0.15, 0.2) is 53.4 Å². The number of amides is 2. The number of rotatable bonds is 2. The second-order valence-electron chi connectivity index (χ2n) is 4.63. The van der Waals surface area contributed by atoms with Crippen molar-refractivity contribution in [1.29, 1.82) is 0 Å². The summed E-state index contributed by atoms with van der Waals surface area (Å²) in [5, 5.41) is 18.3. The zero-order valence-corrected chi connectivity index (χ0v) is 12.1. The second-order valence-corrected chi connectivity index (χ2v) is 5.62. The number of hydrogen-bond donors (Lipinski definition) is 2. The Morgan fingerprint density at radius 3 is 2.36 bits per heavy atom. The predicted molar refractivity (Wildman–Crippen MR) is 84.7 cm³/mol. The number of carbonyl (C=O) groups is 2. The Hall–Kier alpha value is -2.73. The molecule has 0 unspecified atom stereocenters. The number of phenolic OH excluding ortho intramolecular Hbond substituents is 2. The van der Waals surface area contributed by atoms with Crippen LogP contribution in [0.4, 0.5) is 10.5 Å². The fourth-order valence-electron chi connectivity index (χ4n) is 2.04. The molecule has 0 aromatic heterocycles. The average Bonchev–Trinajstić information content (AvgIpc) is 2.76. The van der Waals surface area contributed by atoms with Gasteiger partial charge in [0.05, 0.1) is 10.6 Å². The van der Waals surface area contributed by atoms with E-state index in [0.717, 1.165) is 16.7 Å². The molecule has 3 rings (SSSR count). The van der Waals surface area contributed by atoms with Gasteiger partial charge in [-0.25, -0.2) is 4.90 Å². The number of aromatic hydroxyl groups is 2. The van der Waals surface area contributed by atoms with Gasteiger partial charge in [-0.15, -0.1) is 0 Å². The minimum absolute atomic E-state index is 0.0148. The van der Waals surface area contributed by atoms with Crippen LogP contribution in [0.1, 0.15) is 5.56 Å². The topological polar surface area (TPSA) is 77.8 Å². The zero-order valence-electron chi connectivity index (χ0n) is 11.3. The van der Waals surface area contributed by atoms with E-state index in [-0.39, 0.29) is 11.5 Å². The summed E-state index contributed by atoms with van der Waals surface area (Å²) in [7, 11) is 0. The smallest absolute Gasteiger partial charge is 0.298 e. The van der Waals surface area contributed by atoms with E-state index < -0.39 is 11.1 Å². The Morgan fingerprint density at radius 2 is 1.68 bits per heavy atom. The molecule has 1 fully saturated rings. The summed E-state index contributed by atoms with van der Waals surface area (Å²) in [6, 6.07) is 12.3. The van der Waals surface area contributed by atoms with Gasteiger partial charge in [0.2, 0.25) is 0 Å².